The van der Waals surface area contributed by atoms with Crippen LogP contribution in [0.1, 0.15) is 88.5 Å². The fourth-order valence-electron chi connectivity index (χ4n) is 12.2. The van der Waals surface area contributed by atoms with Crippen molar-refractivity contribution >= 4 is 32.9 Å². The molecule has 2 heteroatoms. The number of hydrogen-bond donors (Lipinski definition) is 0. The minimum atomic E-state index is -0.0847. The lowest BCUT2D eigenvalue weighted by Crippen LogP contribution is -2.29. The molecule has 2 saturated heterocycles. The molecule has 8 aromatic carbocycles. The quantitative estimate of drug-likeness (QED) is 0.160. The molecule has 8 aromatic rings. The van der Waals surface area contributed by atoms with Crippen molar-refractivity contribution < 1.29 is 0 Å². The first-order chi connectivity index (χ1) is 30.3. The molecule has 306 valence electrons. The van der Waals surface area contributed by atoms with Gasteiger partial charge in [-0.2, -0.15) is 0 Å². The molecular weight excluding hydrogens is 749 g/mol. The number of piperidine rings is 2. The van der Waals surface area contributed by atoms with Crippen molar-refractivity contribution in [1.82, 2.24) is 0 Å². The van der Waals surface area contributed by atoms with E-state index in [1.54, 1.807) is 0 Å². The average Bonchev–Trinajstić information content (AvgIpc) is 3.69. The number of anilines is 2. The van der Waals surface area contributed by atoms with Crippen molar-refractivity contribution in [3.63, 3.8) is 0 Å². The van der Waals surface area contributed by atoms with E-state index in [2.05, 4.69) is 183 Å². The monoisotopic (exact) mass is 804 g/mol. The first-order valence-corrected chi connectivity index (χ1v) is 23.4. The molecule has 4 aliphatic rings. The molecule has 0 aromatic heterocycles. The van der Waals surface area contributed by atoms with Crippen LogP contribution >= 0.6 is 0 Å². The maximum atomic E-state index is 2.64. The zero-order chi connectivity index (χ0) is 41.7. The van der Waals surface area contributed by atoms with Gasteiger partial charge in [0.2, 0.25) is 0 Å². The van der Waals surface area contributed by atoms with Gasteiger partial charge in [0.25, 0.3) is 0 Å². The van der Waals surface area contributed by atoms with Crippen LogP contribution in [-0.4, -0.2) is 26.2 Å². The van der Waals surface area contributed by atoms with Gasteiger partial charge in [-0.05, 0) is 174 Å². The lowest BCUT2D eigenvalue weighted by Gasteiger charge is -2.31. The minimum Gasteiger partial charge on any atom is -0.372 e. The SMILES string of the molecule is CC1(C)c2ccccc2-c2ccc(-c3ccccc3-c3c4ccc(N5CCCCC5)cc4c(-c4ccc5c(c4)C(C)(C)c4ccccc4-5)c4ccc(N5CCCCC5)cc34)cc21. The molecule has 0 N–H and O–H groups in total. The summed E-state index contributed by atoms with van der Waals surface area (Å²) < 4.78 is 0. The lowest BCUT2D eigenvalue weighted by atomic mass is 9.79. The van der Waals surface area contributed by atoms with Crippen LogP contribution in [0.15, 0.2) is 146 Å². The molecule has 0 unspecified atom stereocenters. The molecular formula is C60H56N2. The van der Waals surface area contributed by atoms with E-state index in [0.29, 0.717) is 0 Å². The first-order valence-electron chi connectivity index (χ1n) is 23.4. The van der Waals surface area contributed by atoms with Crippen molar-refractivity contribution in [2.45, 2.75) is 77.0 Å². The molecule has 62 heavy (non-hydrogen) atoms. The standard InChI is InChI=1S/C60H56N2/c1-59(2)53-21-11-9-18-44(53)46-27-23-39(35-55(46)59)43-17-7-8-20-48(43)58-50-30-26-41(61-31-13-5-14-32-61)37-51(50)57(49-29-25-42(38-52(49)58)62-33-15-6-16-34-62)40-24-28-47-45-19-10-12-22-54(45)60(3,4)56(47)36-40/h7-12,17-30,35-38H,5-6,13-16,31-34H2,1-4H3. The van der Waals surface area contributed by atoms with Gasteiger partial charge in [-0.25, -0.2) is 0 Å². The highest BCUT2D eigenvalue weighted by Gasteiger charge is 2.37. The molecule has 0 atom stereocenters. The normalized spacial score (nSPS) is 17.2. The number of nitrogens with zero attached hydrogens (tertiary/aromatic N) is 2. The zero-order valence-electron chi connectivity index (χ0n) is 36.8. The highest BCUT2D eigenvalue weighted by molar-refractivity contribution is 6.23. The smallest absolute Gasteiger partial charge is 0.0372 e. The molecule has 2 fully saturated rings. The van der Waals surface area contributed by atoms with Gasteiger partial charge in [0.15, 0.2) is 0 Å². The topological polar surface area (TPSA) is 6.48 Å². The van der Waals surface area contributed by atoms with Gasteiger partial charge in [0.1, 0.15) is 0 Å². The third-order valence-corrected chi connectivity index (χ3v) is 15.5. The van der Waals surface area contributed by atoms with Gasteiger partial charge in [-0.3, -0.25) is 0 Å². The van der Waals surface area contributed by atoms with Crippen molar-refractivity contribution in [1.29, 1.82) is 0 Å². The summed E-state index contributed by atoms with van der Waals surface area (Å²) in [5.41, 5.74) is 21.6. The Kier molecular flexibility index (Phi) is 8.62. The van der Waals surface area contributed by atoms with Gasteiger partial charge < -0.3 is 9.80 Å². The Bertz CT molecular complexity index is 3100. The number of rotatable bonds is 5. The average molecular weight is 805 g/mol. The van der Waals surface area contributed by atoms with E-state index in [-0.39, 0.29) is 10.8 Å². The molecule has 2 nitrogen and oxygen atoms in total. The van der Waals surface area contributed by atoms with Crippen molar-refractivity contribution in [2.75, 3.05) is 36.0 Å². The fraction of sp³-hybridized carbons (Fsp3) is 0.267. The predicted molar refractivity (Wildman–Crippen MR) is 265 cm³/mol. The Hall–Kier alpha value is -6.12. The van der Waals surface area contributed by atoms with Gasteiger partial charge in [0.05, 0.1) is 0 Å². The largest absolute Gasteiger partial charge is 0.372 e. The zero-order valence-corrected chi connectivity index (χ0v) is 36.8. The van der Waals surface area contributed by atoms with E-state index in [1.807, 2.05) is 0 Å². The summed E-state index contributed by atoms with van der Waals surface area (Å²) in [6.45, 7) is 14.1. The molecule has 0 spiro atoms. The van der Waals surface area contributed by atoms with Crippen molar-refractivity contribution in [2.24, 2.45) is 0 Å². The van der Waals surface area contributed by atoms with Crippen LogP contribution in [0.5, 0.6) is 0 Å². The highest BCUT2D eigenvalue weighted by Crippen LogP contribution is 2.54. The first kappa shape index (κ1) is 37.6. The van der Waals surface area contributed by atoms with Crippen LogP contribution < -0.4 is 9.80 Å². The van der Waals surface area contributed by atoms with Gasteiger partial charge in [-0.15, -0.1) is 0 Å². The summed E-state index contributed by atoms with van der Waals surface area (Å²) in [7, 11) is 0. The van der Waals surface area contributed by atoms with Crippen LogP contribution in [0.3, 0.4) is 0 Å². The molecule has 0 radical (unpaired) electrons. The maximum Gasteiger partial charge on any atom is 0.0372 e. The van der Waals surface area contributed by atoms with Crippen molar-refractivity contribution in [3.8, 4) is 55.6 Å². The summed E-state index contributed by atoms with van der Waals surface area (Å²) in [5.74, 6) is 0. The molecule has 0 amide bonds. The minimum absolute atomic E-state index is 0.0715. The molecule has 0 saturated carbocycles. The summed E-state index contributed by atoms with van der Waals surface area (Å²) >= 11 is 0. The Morgan fingerprint density at radius 3 is 1.29 bits per heavy atom. The van der Waals surface area contributed by atoms with Crippen molar-refractivity contribution in [3.05, 3.63) is 168 Å². The van der Waals surface area contributed by atoms with E-state index >= 15 is 0 Å². The van der Waals surface area contributed by atoms with E-state index < -0.39 is 0 Å². The molecule has 2 aliphatic carbocycles. The molecule has 0 bridgehead atoms. The van der Waals surface area contributed by atoms with Crippen LogP contribution in [-0.2, 0) is 10.8 Å². The Labute approximate surface area is 367 Å². The van der Waals surface area contributed by atoms with E-state index in [0.717, 1.165) is 26.2 Å². The number of hydrogen-bond acceptors (Lipinski definition) is 2. The number of fused-ring (bicyclic) bond motifs is 8. The highest BCUT2D eigenvalue weighted by atomic mass is 15.1. The van der Waals surface area contributed by atoms with Crippen LogP contribution in [0.25, 0.3) is 77.2 Å². The number of benzene rings is 8. The molecule has 2 heterocycles. The summed E-state index contributed by atoms with van der Waals surface area (Å²) in [4.78, 5) is 5.27. The van der Waals surface area contributed by atoms with E-state index in [4.69, 9.17) is 0 Å². The van der Waals surface area contributed by atoms with Gasteiger partial charge >= 0.3 is 0 Å². The Balaban J connectivity index is 1.14. The summed E-state index contributed by atoms with van der Waals surface area (Å²) in [6.07, 6.45) is 7.65. The summed E-state index contributed by atoms with van der Waals surface area (Å²) in [5, 5.41) is 5.34. The van der Waals surface area contributed by atoms with Gasteiger partial charge in [-0.1, -0.05) is 137 Å². The summed E-state index contributed by atoms with van der Waals surface area (Å²) in [6, 6.07) is 56.9. The third-order valence-electron chi connectivity index (χ3n) is 15.5. The second kappa shape index (κ2) is 14.2. The van der Waals surface area contributed by atoms with E-state index in [9.17, 15) is 0 Å². The Morgan fingerprint density at radius 1 is 0.323 bits per heavy atom. The second-order valence-corrected chi connectivity index (χ2v) is 19.7. The maximum absolute atomic E-state index is 2.64. The second-order valence-electron chi connectivity index (χ2n) is 19.7. The third kappa shape index (κ3) is 5.68. The van der Waals surface area contributed by atoms with Crippen LogP contribution in [0.2, 0.25) is 0 Å². The molecule has 12 rings (SSSR count). The van der Waals surface area contributed by atoms with Gasteiger partial charge in [0, 0.05) is 48.4 Å². The lowest BCUT2D eigenvalue weighted by molar-refractivity contribution is 0.578. The fourth-order valence-corrected chi connectivity index (χ4v) is 12.2. The van der Waals surface area contributed by atoms with Crippen LogP contribution in [0.4, 0.5) is 11.4 Å². The Morgan fingerprint density at radius 2 is 0.742 bits per heavy atom. The molecule has 2 aliphatic heterocycles. The van der Waals surface area contributed by atoms with Crippen LogP contribution in [0, 0.1) is 0 Å². The van der Waals surface area contributed by atoms with E-state index in [1.165, 1.54) is 149 Å². The predicted octanol–water partition coefficient (Wildman–Crippen LogP) is 15.6.